The fourth-order valence-corrected chi connectivity index (χ4v) is 3.15. The van der Waals surface area contributed by atoms with Crippen molar-refractivity contribution in [1.82, 2.24) is 9.13 Å². The van der Waals surface area contributed by atoms with Crippen molar-refractivity contribution in [2.75, 3.05) is 6.61 Å². The van der Waals surface area contributed by atoms with Gasteiger partial charge in [0.25, 0.3) is 11.2 Å². The number of aliphatic hydroxyl groups excluding tert-OH is 2. The Morgan fingerprint density at radius 2 is 2.04 bits per heavy atom. The third kappa shape index (κ3) is 3.54. The summed E-state index contributed by atoms with van der Waals surface area (Å²) < 4.78 is 7.56. The van der Waals surface area contributed by atoms with E-state index in [9.17, 15) is 29.9 Å². The molecular formula is C17H19N3O7. The van der Waals surface area contributed by atoms with Crippen LogP contribution in [0, 0.1) is 17.0 Å². The number of nitrogens with zero attached hydrogens (tertiary/aromatic N) is 3. The molecule has 1 saturated heterocycles. The van der Waals surface area contributed by atoms with Crippen LogP contribution in [-0.2, 0) is 11.3 Å². The molecule has 2 aromatic rings. The van der Waals surface area contributed by atoms with E-state index in [-0.39, 0.29) is 29.8 Å². The lowest BCUT2D eigenvalue weighted by molar-refractivity contribution is -0.385. The van der Waals surface area contributed by atoms with Gasteiger partial charge in [-0.1, -0.05) is 18.2 Å². The first-order valence-corrected chi connectivity index (χ1v) is 8.32. The van der Waals surface area contributed by atoms with Gasteiger partial charge in [0.1, 0.15) is 12.3 Å². The highest BCUT2D eigenvalue weighted by atomic mass is 16.6. The van der Waals surface area contributed by atoms with Crippen molar-refractivity contribution in [1.29, 1.82) is 0 Å². The lowest BCUT2D eigenvalue weighted by Gasteiger charge is -2.17. The summed E-state index contributed by atoms with van der Waals surface area (Å²) in [7, 11) is 0. The molecule has 1 unspecified atom stereocenters. The van der Waals surface area contributed by atoms with Crippen molar-refractivity contribution in [2.45, 2.75) is 38.3 Å². The van der Waals surface area contributed by atoms with E-state index in [2.05, 4.69) is 0 Å². The first-order valence-electron chi connectivity index (χ1n) is 8.32. The summed E-state index contributed by atoms with van der Waals surface area (Å²) in [5, 5.41) is 30.3. The van der Waals surface area contributed by atoms with Crippen LogP contribution in [0.25, 0.3) is 0 Å². The summed E-state index contributed by atoms with van der Waals surface area (Å²) in [6.07, 6.45) is -1.20. The maximum atomic E-state index is 12.8. The SMILES string of the molecule is Cc1cn([C@H]2CC(O)[C@@H](CO)O2)c(=O)n(Cc2ccccc2[N+](=O)[O-])c1=O. The van der Waals surface area contributed by atoms with Crippen LogP contribution in [0.1, 0.15) is 23.8 Å². The fraction of sp³-hybridized carbons (Fsp3) is 0.412. The van der Waals surface area contributed by atoms with E-state index >= 15 is 0 Å². The molecule has 1 aromatic carbocycles. The van der Waals surface area contributed by atoms with Crippen LogP contribution in [0.2, 0.25) is 0 Å². The molecule has 1 aromatic heterocycles. The second kappa shape index (κ2) is 7.43. The third-order valence-corrected chi connectivity index (χ3v) is 4.58. The number of hydrogen-bond acceptors (Lipinski definition) is 7. The first-order chi connectivity index (χ1) is 12.8. The van der Waals surface area contributed by atoms with Gasteiger partial charge in [-0.3, -0.25) is 24.0 Å². The van der Waals surface area contributed by atoms with E-state index in [0.29, 0.717) is 0 Å². The number of aromatic nitrogens is 2. The van der Waals surface area contributed by atoms with E-state index in [4.69, 9.17) is 4.74 Å². The van der Waals surface area contributed by atoms with Crippen LogP contribution in [0.15, 0.2) is 40.1 Å². The molecule has 2 N–H and O–H groups in total. The minimum atomic E-state index is -0.942. The van der Waals surface area contributed by atoms with E-state index < -0.39 is 41.2 Å². The third-order valence-electron chi connectivity index (χ3n) is 4.58. The topological polar surface area (TPSA) is 137 Å². The molecular weight excluding hydrogens is 358 g/mol. The molecule has 27 heavy (non-hydrogen) atoms. The number of nitro groups is 1. The van der Waals surface area contributed by atoms with E-state index in [1.54, 1.807) is 6.07 Å². The molecule has 0 amide bonds. The van der Waals surface area contributed by atoms with Crippen LogP contribution >= 0.6 is 0 Å². The fourth-order valence-electron chi connectivity index (χ4n) is 3.15. The summed E-state index contributed by atoms with van der Waals surface area (Å²) in [6.45, 7) is 0.847. The van der Waals surface area contributed by atoms with Gasteiger partial charge in [0, 0.05) is 29.8 Å². The molecule has 0 aliphatic carbocycles. The highest BCUT2D eigenvalue weighted by Gasteiger charge is 2.35. The molecule has 10 nitrogen and oxygen atoms in total. The predicted octanol–water partition coefficient (Wildman–Crippen LogP) is -0.0844. The lowest BCUT2D eigenvalue weighted by atomic mass is 10.1. The number of nitro benzene ring substituents is 1. The molecule has 1 aliphatic rings. The van der Waals surface area contributed by atoms with Crippen molar-refractivity contribution >= 4 is 5.69 Å². The van der Waals surface area contributed by atoms with Crippen LogP contribution in [0.4, 0.5) is 5.69 Å². The Balaban J connectivity index is 2.05. The smallest absolute Gasteiger partial charge is 0.333 e. The molecule has 0 bridgehead atoms. The minimum Gasteiger partial charge on any atom is -0.394 e. The molecule has 3 atom stereocenters. The van der Waals surface area contributed by atoms with Crippen LogP contribution in [0.5, 0.6) is 0 Å². The molecule has 0 radical (unpaired) electrons. The average Bonchev–Trinajstić information content (AvgIpc) is 3.02. The summed E-state index contributed by atoms with van der Waals surface area (Å²) in [6, 6.07) is 5.87. The Kier molecular flexibility index (Phi) is 5.22. The standard InChI is InChI=1S/C17H19N3O7/c1-10-7-18(15-6-13(22)14(9-21)27-15)17(24)19(16(10)23)8-11-4-2-3-5-12(11)20(25)26/h2-5,7,13-15,21-22H,6,8-9H2,1H3/t13?,14-,15-/m1/s1. The summed E-state index contributed by atoms with van der Waals surface area (Å²) in [4.78, 5) is 35.9. The van der Waals surface area contributed by atoms with E-state index in [1.807, 2.05) is 0 Å². The molecule has 1 aliphatic heterocycles. The van der Waals surface area contributed by atoms with Gasteiger partial charge in [0.2, 0.25) is 0 Å². The second-order valence-corrected chi connectivity index (χ2v) is 6.39. The zero-order valence-electron chi connectivity index (χ0n) is 14.5. The van der Waals surface area contributed by atoms with Crippen LogP contribution in [-0.4, -0.2) is 43.1 Å². The summed E-state index contributed by atoms with van der Waals surface area (Å²) in [5.74, 6) is 0. The maximum absolute atomic E-state index is 12.8. The number of rotatable bonds is 5. The number of para-hydroxylation sites is 1. The average molecular weight is 377 g/mol. The van der Waals surface area contributed by atoms with Crippen LogP contribution < -0.4 is 11.2 Å². The summed E-state index contributed by atoms with van der Waals surface area (Å²) >= 11 is 0. The van der Waals surface area contributed by atoms with Crippen molar-refractivity contribution in [3.63, 3.8) is 0 Å². The second-order valence-electron chi connectivity index (χ2n) is 6.39. The predicted molar refractivity (Wildman–Crippen MR) is 93.5 cm³/mol. The van der Waals surface area contributed by atoms with Gasteiger partial charge in [-0.15, -0.1) is 0 Å². The van der Waals surface area contributed by atoms with Gasteiger partial charge in [-0.25, -0.2) is 4.79 Å². The van der Waals surface area contributed by atoms with E-state index in [1.165, 1.54) is 35.9 Å². The molecule has 0 spiro atoms. The highest BCUT2D eigenvalue weighted by Crippen LogP contribution is 2.27. The first kappa shape index (κ1) is 19.0. The van der Waals surface area contributed by atoms with Gasteiger partial charge in [0.05, 0.1) is 24.2 Å². The number of benzene rings is 1. The number of aryl methyl sites for hydroxylation is 1. The molecule has 144 valence electrons. The number of hydrogen-bond donors (Lipinski definition) is 2. The summed E-state index contributed by atoms with van der Waals surface area (Å²) in [5.41, 5.74) is -0.992. The van der Waals surface area contributed by atoms with Gasteiger partial charge < -0.3 is 14.9 Å². The molecule has 2 heterocycles. The van der Waals surface area contributed by atoms with Crippen molar-refractivity contribution in [2.24, 2.45) is 0 Å². The van der Waals surface area contributed by atoms with Gasteiger partial charge in [-0.05, 0) is 6.92 Å². The van der Waals surface area contributed by atoms with E-state index in [0.717, 1.165) is 4.57 Å². The van der Waals surface area contributed by atoms with Crippen LogP contribution in [0.3, 0.4) is 0 Å². The molecule has 10 heteroatoms. The van der Waals surface area contributed by atoms with Gasteiger partial charge in [0.15, 0.2) is 0 Å². The largest absolute Gasteiger partial charge is 0.394 e. The maximum Gasteiger partial charge on any atom is 0.333 e. The highest BCUT2D eigenvalue weighted by molar-refractivity contribution is 5.39. The monoisotopic (exact) mass is 377 g/mol. The Hall–Kier alpha value is -2.82. The zero-order valence-corrected chi connectivity index (χ0v) is 14.5. The van der Waals surface area contributed by atoms with Crippen molar-refractivity contribution in [3.8, 4) is 0 Å². The molecule has 0 saturated carbocycles. The zero-order chi connectivity index (χ0) is 19.7. The molecule has 3 rings (SSSR count). The lowest BCUT2D eigenvalue weighted by Crippen LogP contribution is -2.42. The Labute approximate surface area is 153 Å². The molecule has 1 fully saturated rings. The Bertz CT molecular complexity index is 981. The van der Waals surface area contributed by atoms with Crippen molar-refractivity contribution < 1.29 is 19.9 Å². The quantitative estimate of drug-likeness (QED) is 0.549. The van der Waals surface area contributed by atoms with Crippen molar-refractivity contribution in [3.05, 3.63) is 72.5 Å². The normalized spacial score (nSPS) is 22.1. The number of ether oxygens (including phenoxy) is 1. The Morgan fingerprint density at radius 3 is 2.67 bits per heavy atom. The minimum absolute atomic E-state index is 0.0776. The number of aliphatic hydroxyl groups is 2. The van der Waals surface area contributed by atoms with Gasteiger partial charge in [-0.2, -0.15) is 0 Å². The van der Waals surface area contributed by atoms with Gasteiger partial charge >= 0.3 is 5.69 Å². The Morgan fingerprint density at radius 1 is 1.33 bits per heavy atom.